The third-order valence-electron chi connectivity index (χ3n) is 5.67. The fraction of sp³-hybridized carbons (Fsp3) is 0.706. The molecule has 0 aromatic carbocycles. The molecule has 0 spiro atoms. The average Bonchev–Trinajstić information content (AvgIpc) is 2.96. The summed E-state index contributed by atoms with van der Waals surface area (Å²) >= 11 is 1.70. The molecule has 2 aliphatic rings. The molecule has 0 radical (unpaired) electrons. The first kappa shape index (κ1) is 15.0. The number of carbonyl (C=O) groups excluding carboxylic acids is 1. The molecule has 1 aromatic rings. The maximum atomic E-state index is 13.0. The van der Waals surface area contributed by atoms with Gasteiger partial charge in [-0.3, -0.25) is 10.1 Å². The van der Waals surface area contributed by atoms with Crippen LogP contribution >= 0.6 is 11.3 Å². The van der Waals surface area contributed by atoms with E-state index >= 15 is 0 Å². The number of hydrogen-bond donors (Lipinski definition) is 1. The van der Waals surface area contributed by atoms with E-state index in [-0.39, 0.29) is 12.1 Å². The van der Waals surface area contributed by atoms with Crippen molar-refractivity contribution in [3.05, 3.63) is 22.4 Å². The van der Waals surface area contributed by atoms with Crippen LogP contribution in [0.2, 0.25) is 0 Å². The molecule has 2 atom stereocenters. The van der Waals surface area contributed by atoms with Gasteiger partial charge in [0.1, 0.15) is 6.17 Å². The van der Waals surface area contributed by atoms with E-state index in [1.807, 2.05) is 6.92 Å². The number of hydrogen-bond acceptors (Lipinski definition) is 3. The highest BCUT2D eigenvalue weighted by molar-refractivity contribution is 7.07. The Kier molecular flexibility index (Phi) is 3.65. The average molecular weight is 306 g/mol. The van der Waals surface area contributed by atoms with Crippen molar-refractivity contribution >= 4 is 17.2 Å². The Morgan fingerprint density at radius 1 is 1.48 bits per heavy atom. The lowest BCUT2D eigenvalue weighted by atomic mass is 9.91. The van der Waals surface area contributed by atoms with E-state index < -0.39 is 5.54 Å². The molecule has 1 aliphatic heterocycles. The van der Waals surface area contributed by atoms with E-state index in [1.54, 1.807) is 11.3 Å². The van der Waals surface area contributed by atoms with E-state index in [0.717, 1.165) is 13.0 Å². The maximum Gasteiger partial charge on any atom is 0.244 e. The van der Waals surface area contributed by atoms with Crippen molar-refractivity contribution in [3.8, 4) is 0 Å². The Hall–Kier alpha value is -0.870. The summed E-state index contributed by atoms with van der Waals surface area (Å²) in [6.45, 7) is 9.61. The Balaban J connectivity index is 1.89. The molecule has 3 rings (SSSR count). The smallest absolute Gasteiger partial charge is 0.244 e. The molecule has 1 aromatic heterocycles. The van der Waals surface area contributed by atoms with Crippen molar-refractivity contribution in [3.63, 3.8) is 0 Å². The largest absolute Gasteiger partial charge is 0.321 e. The summed E-state index contributed by atoms with van der Waals surface area (Å²) in [5.74, 6) is 0.912. The summed E-state index contributed by atoms with van der Waals surface area (Å²) in [4.78, 5) is 15.1. The van der Waals surface area contributed by atoms with Gasteiger partial charge in [-0.25, -0.2) is 0 Å². The molecule has 2 unspecified atom stereocenters. The molecule has 2 heterocycles. The van der Waals surface area contributed by atoms with Crippen LogP contribution in [0.3, 0.4) is 0 Å². The van der Waals surface area contributed by atoms with Crippen LogP contribution in [0.1, 0.15) is 58.7 Å². The Labute approximate surface area is 131 Å². The third-order valence-corrected chi connectivity index (χ3v) is 6.37. The molecule has 4 heteroatoms. The molecule has 1 saturated carbocycles. The molecule has 0 bridgehead atoms. The van der Waals surface area contributed by atoms with E-state index in [9.17, 15) is 4.79 Å². The van der Waals surface area contributed by atoms with E-state index in [1.165, 1.54) is 18.4 Å². The normalized spacial score (nSPS) is 31.2. The molecule has 3 nitrogen and oxygen atoms in total. The topological polar surface area (TPSA) is 32.3 Å². The predicted octanol–water partition coefficient (Wildman–Crippen LogP) is 3.78. The van der Waals surface area contributed by atoms with Crippen LogP contribution in [-0.2, 0) is 4.79 Å². The number of amides is 1. The van der Waals surface area contributed by atoms with Crippen LogP contribution in [0.25, 0.3) is 0 Å². The number of rotatable bonds is 5. The standard InChI is InChI=1S/C17H26N2OS/c1-5-16(4)15(20)19(11-17(7-8-17)12(2)3)14(18-16)13-6-9-21-10-13/h6,9-10,12,14,18H,5,7-8,11H2,1-4H3. The number of nitrogens with one attached hydrogen (secondary N) is 1. The highest BCUT2D eigenvalue weighted by Gasteiger charge is 2.53. The van der Waals surface area contributed by atoms with Gasteiger partial charge < -0.3 is 4.90 Å². The molecule has 1 aliphatic carbocycles. The predicted molar refractivity (Wildman–Crippen MR) is 87.1 cm³/mol. The van der Waals surface area contributed by atoms with Crippen molar-refractivity contribution < 1.29 is 4.79 Å². The van der Waals surface area contributed by atoms with E-state index in [0.29, 0.717) is 11.3 Å². The zero-order valence-corrected chi connectivity index (χ0v) is 14.3. The monoisotopic (exact) mass is 306 g/mol. The van der Waals surface area contributed by atoms with Crippen LogP contribution in [-0.4, -0.2) is 22.9 Å². The quantitative estimate of drug-likeness (QED) is 0.898. The zero-order chi connectivity index (χ0) is 15.3. The lowest BCUT2D eigenvalue weighted by molar-refractivity contribution is -0.134. The summed E-state index contributed by atoms with van der Waals surface area (Å²) in [5, 5.41) is 7.85. The first-order valence-electron chi connectivity index (χ1n) is 8.03. The van der Waals surface area contributed by atoms with Gasteiger partial charge in [-0.05, 0) is 59.9 Å². The van der Waals surface area contributed by atoms with Gasteiger partial charge >= 0.3 is 0 Å². The second-order valence-electron chi connectivity index (χ2n) is 7.24. The van der Waals surface area contributed by atoms with E-state index in [2.05, 4.69) is 47.8 Å². The van der Waals surface area contributed by atoms with Crippen molar-refractivity contribution in [2.24, 2.45) is 11.3 Å². The fourth-order valence-corrected chi connectivity index (χ4v) is 4.08. The summed E-state index contributed by atoms with van der Waals surface area (Å²) in [7, 11) is 0. The lowest BCUT2D eigenvalue weighted by Crippen LogP contribution is -2.43. The summed E-state index contributed by atoms with van der Waals surface area (Å²) in [6, 6.07) is 2.14. The lowest BCUT2D eigenvalue weighted by Gasteiger charge is -2.30. The SMILES string of the molecule is CCC1(C)NC(c2ccsc2)N(CC2(C(C)C)CC2)C1=O. The van der Waals surface area contributed by atoms with Crippen LogP contribution in [0.15, 0.2) is 16.8 Å². The van der Waals surface area contributed by atoms with Gasteiger partial charge in [-0.15, -0.1) is 0 Å². The van der Waals surface area contributed by atoms with Crippen LogP contribution in [0.5, 0.6) is 0 Å². The molecule has 1 saturated heterocycles. The van der Waals surface area contributed by atoms with Crippen molar-refractivity contribution in [2.75, 3.05) is 6.54 Å². The van der Waals surface area contributed by atoms with Crippen molar-refractivity contribution in [1.82, 2.24) is 10.2 Å². The molecule has 2 fully saturated rings. The van der Waals surface area contributed by atoms with Crippen molar-refractivity contribution in [2.45, 2.75) is 58.7 Å². The number of nitrogens with zero attached hydrogens (tertiary/aromatic N) is 1. The van der Waals surface area contributed by atoms with Gasteiger partial charge in [-0.2, -0.15) is 11.3 Å². The minimum absolute atomic E-state index is 0.0462. The summed E-state index contributed by atoms with van der Waals surface area (Å²) < 4.78 is 0. The summed E-state index contributed by atoms with van der Waals surface area (Å²) in [6.07, 6.45) is 3.39. The number of thiophene rings is 1. The number of carbonyl (C=O) groups is 1. The van der Waals surface area contributed by atoms with E-state index in [4.69, 9.17) is 0 Å². The minimum atomic E-state index is -0.417. The van der Waals surface area contributed by atoms with Gasteiger partial charge in [0.15, 0.2) is 0 Å². The maximum absolute atomic E-state index is 13.0. The third kappa shape index (κ3) is 2.42. The first-order chi connectivity index (χ1) is 9.92. The molecular formula is C17H26N2OS. The Morgan fingerprint density at radius 2 is 2.19 bits per heavy atom. The van der Waals surface area contributed by atoms with Gasteiger partial charge in [0.05, 0.1) is 5.54 Å². The highest BCUT2D eigenvalue weighted by atomic mass is 32.1. The molecular weight excluding hydrogens is 280 g/mol. The first-order valence-corrected chi connectivity index (χ1v) is 8.97. The second kappa shape index (κ2) is 5.10. The van der Waals surface area contributed by atoms with Gasteiger partial charge in [0.2, 0.25) is 5.91 Å². The molecule has 21 heavy (non-hydrogen) atoms. The Bertz CT molecular complexity index is 521. The Morgan fingerprint density at radius 3 is 2.67 bits per heavy atom. The molecule has 1 amide bonds. The zero-order valence-electron chi connectivity index (χ0n) is 13.5. The van der Waals surface area contributed by atoms with Gasteiger partial charge in [0, 0.05) is 6.54 Å². The van der Waals surface area contributed by atoms with Crippen molar-refractivity contribution in [1.29, 1.82) is 0 Å². The molecule has 116 valence electrons. The fourth-order valence-electron chi connectivity index (χ4n) is 3.40. The van der Waals surface area contributed by atoms with Crippen LogP contribution < -0.4 is 5.32 Å². The minimum Gasteiger partial charge on any atom is -0.321 e. The van der Waals surface area contributed by atoms with Crippen LogP contribution in [0, 0.1) is 11.3 Å². The highest BCUT2D eigenvalue weighted by Crippen LogP contribution is 2.53. The van der Waals surface area contributed by atoms with Gasteiger partial charge in [-0.1, -0.05) is 20.8 Å². The summed E-state index contributed by atoms with van der Waals surface area (Å²) in [5.41, 5.74) is 1.16. The van der Waals surface area contributed by atoms with Crippen LogP contribution in [0.4, 0.5) is 0 Å². The molecule has 1 N–H and O–H groups in total. The van der Waals surface area contributed by atoms with Gasteiger partial charge in [0.25, 0.3) is 0 Å². The second-order valence-corrected chi connectivity index (χ2v) is 8.02.